The molecule has 0 heterocycles. The Morgan fingerprint density at radius 2 is 1.81 bits per heavy atom. The molecule has 2 aromatic carbocycles. The lowest BCUT2D eigenvalue weighted by Crippen LogP contribution is -2.28. The predicted octanol–water partition coefficient (Wildman–Crippen LogP) is 3.41. The Hall–Kier alpha value is -1.64. The van der Waals surface area contributed by atoms with E-state index in [1.54, 1.807) is 25.1 Å². The Balaban J connectivity index is 2.07. The Labute approximate surface area is 168 Å². The van der Waals surface area contributed by atoms with Crippen molar-refractivity contribution in [2.45, 2.75) is 17.9 Å². The molecule has 0 spiro atoms. The minimum Gasteiger partial charge on any atom is -0.383 e. The smallest absolute Gasteiger partial charge is 0.251 e. The fourth-order valence-electron chi connectivity index (χ4n) is 2.36. The van der Waals surface area contributed by atoms with Crippen molar-refractivity contribution in [3.63, 3.8) is 0 Å². The molecule has 146 valence electrons. The van der Waals surface area contributed by atoms with E-state index in [0.29, 0.717) is 15.6 Å². The Kier molecular flexibility index (Phi) is 7.64. The van der Waals surface area contributed by atoms with Gasteiger partial charge >= 0.3 is 0 Å². The lowest BCUT2D eigenvalue weighted by Gasteiger charge is -2.16. The van der Waals surface area contributed by atoms with Crippen molar-refractivity contribution in [1.29, 1.82) is 0 Å². The fraction of sp³-hybridized carbons (Fsp3) is 0.278. The van der Waals surface area contributed by atoms with Gasteiger partial charge in [-0.3, -0.25) is 4.79 Å². The second-order valence-electron chi connectivity index (χ2n) is 5.78. The van der Waals surface area contributed by atoms with Gasteiger partial charge in [-0.05, 0) is 48.9 Å². The Morgan fingerprint density at radius 3 is 2.41 bits per heavy atom. The summed E-state index contributed by atoms with van der Waals surface area (Å²) < 4.78 is 31.5. The molecule has 27 heavy (non-hydrogen) atoms. The van der Waals surface area contributed by atoms with Gasteiger partial charge in [-0.15, -0.1) is 0 Å². The maximum absolute atomic E-state index is 12.4. The van der Waals surface area contributed by atoms with Gasteiger partial charge in [0.1, 0.15) is 0 Å². The summed E-state index contributed by atoms with van der Waals surface area (Å²) in [4.78, 5) is 12.5. The van der Waals surface area contributed by atoms with Gasteiger partial charge < -0.3 is 10.1 Å². The van der Waals surface area contributed by atoms with E-state index in [0.717, 1.165) is 5.56 Å². The van der Waals surface area contributed by atoms with Crippen LogP contribution in [0.1, 0.15) is 28.9 Å². The number of halogens is 2. The van der Waals surface area contributed by atoms with Crippen molar-refractivity contribution in [2.24, 2.45) is 0 Å². The monoisotopic (exact) mass is 430 g/mol. The number of ether oxygens (including phenoxy) is 1. The lowest BCUT2D eigenvalue weighted by molar-refractivity contribution is 0.0940. The molecule has 0 saturated carbocycles. The molecule has 0 bridgehead atoms. The molecule has 0 saturated heterocycles. The topological polar surface area (TPSA) is 84.5 Å². The molecule has 2 N–H and O–H groups in total. The highest BCUT2D eigenvalue weighted by Crippen LogP contribution is 2.26. The fourth-order valence-corrected chi connectivity index (χ4v) is 3.94. The van der Waals surface area contributed by atoms with E-state index in [-0.39, 0.29) is 30.0 Å². The number of carbonyl (C=O) groups is 1. The molecule has 1 amide bonds. The second kappa shape index (κ2) is 9.52. The third-order valence-electron chi connectivity index (χ3n) is 3.80. The van der Waals surface area contributed by atoms with E-state index in [1.165, 1.54) is 31.4 Å². The second-order valence-corrected chi connectivity index (χ2v) is 8.39. The summed E-state index contributed by atoms with van der Waals surface area (Å²) in [6.45, 7) is 2.23. The van der Waals surface area contributed by atoms with Crippen molar-refractivity contribution < 1.29 is 17.9 Å². The Morgan fingerprint density at radius 1 is 1.15 bits per heavy atom. The number of hydrogen-bond acceptors (Lipinski definition) is 4. The van der Waals surface area contributed by atoms with Gasteiger partial charge in [-0.2, -0.15) is 0 Å². The van der Waals surface area contributed by atoms with Gasteiger partial charge in [-0.25, -0.2) is 13.1 Å². The van der Waals surface area contributed by atoms with E-state index in [2.05, 4.69) is 10.0 Å². The molecular weight excluding hydrogens is 411 g/mol. The quantitative estimate of drug-likeness (QED) is 0.628. The van der Waals surface area contributed by atoms with E-state index in [4.69, 9.17) is 27.9 Å². The minimum absolute atomic E-state index is 0.0731. The number of hydrogen-bond donors (Lipinski definition) is 2. The maximum Gasteiger partial charge on any atom is 0.251 e. The molecule has 2 rings (SSSR count). The molecule has 6 nitrogen and oxygen atoms in total. The van der Waals surface area contributed by atoms with Crippen molar-refractivity contribution in [3.8, 4) is 0 Å². The van der Waals surface area contributed by atoms with Crippen LogP contribution in [0.5, 0.6) is 0 Å². The normalized spacial score (nSPS) is 12.6. The molecule has 0 radical (unpaired) electrons. The highest BCUT2D eigenvalue weighted by atomic mass is 35.5. The summed E-state index contributed by atoms with van der Waals surface area (Å²) in [5.41, 5.74) is 1.07. The van der Waals surface area contributed by atoms with Crippen LogP contribution in [-0.4, -0.2) is 34.6 Å². The summed E-state index contributed by atoms with van der Waals surface area (Å²) in [5, 5.41) is 3.79. The molecule has 0 aromatic heterocycles. The van der Waals surface area contributed by atoms with Crippen LogP contribution in [0.4, 0.5) is 0 Å². The number of carbonyl (C=O) groups excluding carboxylic acids is 1. The van der Waals surface area contributed by atoms with E-state index in [1.807, 2.05) is 0 Å². The average Bonchev–Trinajstić information content (AvgIpc) is 2.61. The molecule has 9 heteroatoms. The van der Waals surface area contributed by atoms with E-state index in [9.17, 15) is 13.2 Å². The third-order valence-corrected chi connectivity index (χ3v) is 5.84. The molecule has 1 atom stereocenters. The first-order valence-electron chi connectivity index (χ1n) is 8.09. The predicted molar refractivity (Wildman–Crippen MR) is 106 cm³/mol. The van der Waals surface area contributed by atoms with Gasteiger partial charge in [0, 0.05) is 29.3 Å². The SMILES string of the molecule is COCCNS(=O)(=O)c1ccc(C(=O)NC(C)c2ccc(Cl)cc2Cl)cc1. The molecular formula is C18H20Cl2N2O4S. The van der Waals surface area contributed by atoms with Gasteiger partial charge in [0.2, 0.25) is 10.0 Å². The highest BCUT2D eigenvalue weighted by molar-refractivity contribution is 7.89. The number of rotatable bonds is 8. The molecule has 0 aliphatic heterocycles. The molecule has 0 aliphatic rings. The van der Waals surface area contributed by atoms with Gasteiger partial charge in [-0.1, -0.05) is 29.3 Å². The average molecular weight is 431 g/mol. The Bertz CT molecular complexity index is 902. The summed E-state index contributed by atoms with van der Waals surface area (Å²) in [7, 11) is -2.16. The summed E-state index contributed by atoms with van der Waals surface area (Å²) in [6, 6.07) is 10.4. The molecule has 0 aliphatic carbocycles. The number of amides is 1. The maximum atomic E-state index is 12.4. The summed E-state index contributed by atoms with van der Waals surface area (Å²) in [5.74, 6) is -0.343. The number of methoxy groups -OCH3 is 1. The number of sulfonamides is 1. The van der Waals surface area contributed by atoms with Crippen LogP contribution in [0.2, 0.25) is 10.0 Å². The highest BCUT2D eigenvalue weighted by Gasteiger charge is 2.17. The lowest BCUT2D eigenvalue weighted by atomic mass is 10.1. The van der Waals surface area contributed by atoms with Crippen LogP contribution in [0.25, 0.3) is 0 Å². The van der Waals surface area contributed by atoms with Crippen LogP contribution in [0.15, 0.2) is 47.4 Å². The molecule has 1 unspecified atom stereocenters. The first-order chi connectivity index (χ1) is 12.7. The van der Waals surface area contributed by atoms with Gasteiger partial charge in [0.15, 0.2) is 0 Å². The van der Waals surface area contributed by atoms with E-state index >= 15 is 0 Å². The van der Waals surface area contributed by atoms with Crippen molar-refractivity contribution >= 4 is 39.1 Å². The van der Waals surface area contributed by atoms with Crippen LogP contribution < -0.4 is 10.0 Å². The molecule has 0 fully saturated rings. The zero-order valence-corrected chi connectivity index (χ0v) is 17.2. The third kappa shape index (κ3) is 5.92. The van der Waals surface area contributed by atoms with Crippen LogP contribution in [0, 0.1) is 0 Å². The van der Waals surface area contributed by atoms with Crippen molar-refractivity contribution in [2.75, 3.05) is 20.3 Å². The zero-order chi connectivity index (χ0) is 20.0. The minimum atomic E-state index is -3.64. The van der Waals surface area contributed by atoms with Crippen LogP contribution >= 0.6 is 23.2 Å². The van der Waals surface area contributed by atoms with Crippen LogP contribution in [0.3, 0.4) is 0 Å². The molecule has 2 aromatic rings. The zero-order valence-electron chi connectivity index (χ0n) is 14.8. The van der Waals surface area contributed by atoms with Gasteiger partial charge in [0.25, 0.3) is 5.91 Å². The van der Waals surface area contributed by atoms with E-state index < -0.39 is 10.0 Å². The first-order valence-corrected chi connectivity index (χ1v) is 10.3. The summed E-state index contributed by atoms with van der Waals surface area (Å²) in [6.07, 6.45) is 0. The largest absolute Gasteiger partial charge is 0.383 e. The van der Waals surface area contributed by atoms with Crippen molar-refractivity contribution in [1.82, 2.24) is 10.0 Å². The summed E-state index contributed by atoms with van der Waals surface area (Å²) >= 11 is 12.0. The van der Waals surface area contributed by atoms with Crippen LogP contribution in [-0.2, 0) is 14.8 Å². The standard InChI is InChI=1S/C18H20Cl2N2O4S/c1-12(16-8-5-14(19)11-17(16)20)22-18(23)13-3-6-15(7-4-13)27(24,25)21-9-10-26-2/h3-8,11-12,21H,9-10H2,1-2H3,(H,22,23). The first kappa shape index (κ1) is 21.7. The van der Waals surface area contributed by atoms with Gasteiger partial charge in [0.05, 0.1) is 17.5 Å². The number of benzene rings is 2. The number of nitrogens with one attached hydrogen (secondary N) is 2. The van der Waals surface area contributed by atoms with Crippen molar-refractivity contribution in [3.05, 3.63) is 63.6 Å².